The molecule has 45 heavy (non-hydrogen) atoms. The quantitative estimate of drug-likeness (QED) is 0.293. The van der Waals surface area contributed by atoms with Crippen LogP contribution in [0.5, 0.6) is 5.75 Å². The molecule has 3 atom stereocenters. The van der Waals surface area contributed by atoms with Gasteiger partial charge in [-0.25, -0.2) is 4.68 Å². The van der Waals surface area contributed by atoms with Crippen molar-refractivity contribution < 1.29 is 19.1 Å². The molecule has 11 nitrogen and oxygen atoms in total. The molecule has 1 saturated heterocycles. The number of methoxy groups -OCH3 is 1. The van der Waals surface area contributed by atoms with Gasteiger partial charge in [0, 0.05) is 38.3 Å². The SMILES string of the molecule is COc1cccc(CN2C[C@@H]3C[C@H]2C(=O)NC(Cc2cn(Cc4ccccc4)nn2)C(=O)NCc2ccccc2CC(=O)N3)c1. The van der Waals surface area contributed by atoms with Crippen molar-refractivity contribution in [1.29, 1.82) is 0 Å². The molecule has 0 radical (unpaired) electrons. The van der Waals surface area contributed by atoms with E-state index in [2.05, 4.69) is 26.3 Å². The number of amides is 3. The number of carbonyl (C=O) groups excluding carboxylic acids is 3. The second-order valence-corrected chi connectivity index (χ2v) is 11.6. The first kappa shape index (κ1) is 30.0. The van der Waals surface area contributed by atoms with E-state index in [1.54, 1.807) is 11.8 Å². The third-order valence-corrected chi connectivity index (χ3v) is 8.33. The lowest BCUT2D eigenvalue weighted by molar-refractivity contribution is -0.131. The summed E-state index contributed by atoms with van der Waals surface area (Å²) < 4.78 is 7.13. The highest BCUT2D eigenvalue weighted by atomic mass is 16.5. The minimum Gasteiger partial charge on any atom is -0.497 e. The Kier molecular flexibility index (Phi) is 9.16. The molecule has 0 aliphatic carbocycles. The fourth-order valence-electron chi connectivity index (χ4n) is 6.09. The summed E-state index contributed by atoms with van der Waals surface area (Å²) in [5, 5.41) is 17.7. The average Bonchev–Trinajstić information content (AvgIpc) is 3.66. The Bertz CT molecular complexity index is 1660. The molecule has 6 rings (SSSR count). The highest BCUT2D eigenvalue weighted by Crippen LogP contribution is 2.24. The molecule has 3 heterocycles. The maximum absolute atomic E-state index is 13.9. The minimum absolute atomic E-state index is 0.116. The predicted molar refractivity (Wildman–Crippen MR) is 167 cm³/mol. The van der Waals surface area contributed by atoms with Crippen LogP contribution in [0, 0.1) is 0 Å². The first-order valence-corrected chi connectivity index (χ1v) is 15.2. The molecule has 1 unspecified atom stereocenters. The molecule has 1 aromatic heterocycles. The van der Waals surface area contributed by atoms with Crippen LogP contribution in [0.25, 0.3) is 0 Å². The van der Waals surface area contributed by atoms with E-state index in [1.165, 1.54) is 0 Å². The van der Waals surface area contributed by atoms with E-state index in [0.717, 1.165) is 28.0 Å². The molecule has 4 aromatic rings. The Hall–Kier alpha value is -5.03. The van der Waals surface area contributed by atoms with Gasteiger partial charge in [0.25, 0.3) is 0 Å². The third kappa shape index (κ3) is 7.55. The molecule has 11 heteroatoms. The number of nitrogens with zero attached hydrogens (tertiary/aromatic N) is 4. The molecule has 3 amide bonds. The van der Waals surface area contributed by atoms with E-state index >= 15 is 0 Å². The summed E-state index contributed by atoms with van der Waals surface area (Å²) in [4.78, 5) is 42.8. The zero-order valence-corrected chi connectivity index (χ0v) is 25.2. The highest BCUT2D eigenvalue weighted by molar-refractivity contribution is 5.90. The number of nitrogens with one attached hydrogen (secondary N) is 3. The second-order valence-electron chi connectivity index (χ2n) is 11.6. The molecule has 2 bridgehead atoms. The smallest absolute Gasteiger partial charge is 0.243 e. The number of hydrogen-bond acceptors (Lipinski definition) is 7. The Labute approximate surface area is 262 Å². The number of aromatic nitrogens is 3. The van der Waals surface area contributed by atoms with Gasteiger partial charge >= 0.3 is 0 Å². The van der Waals surface area contributed by atoms with E-state index < -0.39 is 12.1 Å². The number of carbonyl (C=O) groups is 3. The third-order valence-electron chi connectivity index (χ3n) is 8.33. The van der Waals surface area contributed by atoms with Crippen molar-refractivity contribution in [1.82, 2.24) is 35.8 Å². The standard InChI is InChI=1S/C34H37N7O4/c1-45-29-13-7-10-24(14-29)19-40-21-27-17-31(40)34(44)37-30(16-28-22-41(39-38-28)20-23-8-3-2-4-9-23)33(43)35-18-26-12-6-5-11-25(26)15-32(42)36-27/h2-14,22,27,30-31H,15-21H2,1H3,(H,35,43)(H,36,42)(H,37,44)/t27-,30?,31-/m0/s1. The van der Waals surface area contributed by atoms with Gasteiger partial charge in [-0.05, 0) is 40.8 Å². The number of benzene rings is 3. The van der Waals surface area contributed by atoms with E-state index in [4.69, 9.17) is 4.74 Å². The molecule has 2 aliphatic rings. The van der Waals surface area contributed by atoms with Crippen molar-refractivity contribution in [2.45, 2.75) is 57.0 Å². The Balaban J connectivity index is 1.26. The van der Waals surface area contributed by atoms with Crippen LogP contribution in [0.2, 0.25) is 0 Å². The van der Waals surface area contributed by atoms with E-state index in [0.29, 0.717) is 31.7 Å². The topological polar surface area (TPSA) is 130 Å². The maximum Gasteiger partial charge on any atom is 0.243 e. The van der Waals surface area contributed by atoms with Gasteiger partial charge in [0.05, 0.1) is 31.8 Å². The van der Waals surface area contributed by atoms with Gasteiger partial charge < -0.3 is 20.7 Å². The Morgan fingerprint density at radius 1 is 0.867 bits per heavy atom. The summed E-state index contributed by atoms with van der Waals surface area (Å²) in [6.07, 6.45) is 2.59. The lowest BCUT2D eigenvalue weighted by Gasteiger charge is -2.26. The largest absolute Gasteiger partial charge is 0.497 e. The van der Waals surface area contributed by atoms with Gasteiger partial charge in [-0.1, -0.05) is 71.9 Å². The fourth-order valence-corrected chi connectivity index (χ4v) is 6.09. The van der Waals surface area contributed by atoms with Gasteiger partial charge in [0.2, 0.25) is 17.7 Å². The Morgan fingerprint density at radius 3 is 2.47 bits per heavy atom. The van der Waals surface area contributed by atoms with Gasteiger partial charge in [-0.2, -0.15) is 0 Å². The minimum atomic E-state index is -0.873. The van der Waals surface area contributed by atoms with Crippen molar-refractivity contribution >= 4 is 17.7 Å². The van der Waals surface area contributed by atoms with Crippen LogP contribution in [0.4, 0.5) is 0 Å². The van der Waals surface area contributed by atoms with E-state index in [1.807, 2.05) is 90.0 Å². The summed E-state index contributed by atoms with van der Waals surface area (Å²) in [5.74, 6) is 0.0106. The molecule has 1 fully saturated rings. The van der Waals surface area contributed by atoms with Crippen LogP contribution < -0.4 is 20.7 Å². The molecular weight excluding hydrogens is 570 g/mol. The Morgan fingerprint density at radius 2 is 1.64 bits per heavy atom. The normalized spacial score (nSPS) is 20.8. The molecular formula is C34H37N7O4. The van der Waals surface area contributed by atoms with Crippen LogP contribution >= 0.6 is 0 Å². The summed E-state index contributed by atoms with van der Waals surface area (Å²) in [5.41, 5.74) is 4.35. The number of likely N-dealkylation sites (tertiary alicyclic amines) is 1. The first-order chi connectivity index (χ1) is 21.9. The molecule has 0 spiro atoms. The van der Waals surface area contributed by atoms with Crippen molar-refractivity contribution in [3.63, 3.8) is 0 Å². The van der Waals surface area contributed by atoms with Gasteiger partial charge in [0.15, 0.2) is 0 Å². The average molecular weight is 608 g/mol. The van der Waals surface area contributed by atoms with Crippen LogP contribution in [-0.4, -0.2) is 69.4 Å². The van der Waals surface area contributed by atoms with Crippen molar-refractivity contribution in [2.24, 2.45) is 0 Å². The molecule has 232 valence electrons. The molecule has 3 N–H and O–H groups in total. The zero-order valence-electron chi connectivity index (χ0n) is 25.2. The van der Waals surface area contributed by atoms with Crippen LogP contribution in [0.1, 0.15) is 34.4 Å². The van der Waals surface area contributed by atoms with Crippen LogP contribution in [0.3, 0.4) is 0 Å². The summed E-state index contributed by atoms with van der Waals surface area (Å²) in [6.45, 7) is 1.75. The highest BCUT2D eigenvalue weighted by Gasteiger charge is 2.39. The predicted octanol–water partition coefficient (Wildman–Crippen LogP) is 1.99. The lowest BCUT2D eigenvalue weighted by Crippen LogP contribution is -2.53. The van der Waals surface area contributed by atoms with Gasteiger partial charge in [-0.3, -0.25) is 19.3 Å². The zero-order chi connectivity index (χ0) is 31.2. The number of ether oxygens (including phenoxy) is 1. The molecule has 3 aromatic carbocycles. The summed E-state index contributed by atoms with van der Waals surface area (Å²) in [7, 11) is 1.62. The first-order valence-electron chi connectivity index (χ1n) is 15.2. The lowest BCUT2D eigenvalue weighted by atomic mass is 10.0. The van der Waals surface area contributed by atoms with Gasteiger partial charge in [0.1, 0.15) is 11.8 Å². The second kappa shape index (κ2) is 13.7. The van der Waals surface area contributed by atoms with Crippen LogP contribution in [-0.2, 0) is 46.9 Å². The van der Waals surface area contributed by atoms with Crippen molar-refractivity contribution in [3.05, 3.63) is 113 Å². The van der Waals surface area contributed by atoms with Crippen molar-refractivity contribution in [3.8, 4) is 5.75 Å². The monoisotopic (exact) mass is 607 g/mol. The molecule has 0 saturated carbocycles. The molecule has 2 aliphatic heterocycles. The maximum atomic E-state index is 13.9. The number of rotatable bonds is 7. The number of fused-ring (bicyclic) bond motifs is 3. The van der Waals surface area contributed by atoms with Crippen LogP contribution in [0.15, 0.2) is 85.1 Å². The van der Waals surface area contributed by atoms with E-state index in [9.17, 15) is 14.4 Å². The van der Waals surface area contributed by atoms with E-state index in [-0.39, 0.29) is 43.1 Å². The van der Waals surface area contributed by atoms with Gasteiger partial charge in [-0.15, -0.1) is 5.10 Å². The number of hydrogen-bond donors (Lipinski definition) is 3. The van der Waals surface area contributed by atoms with Crippen molar-refractivity contribution in [2.75, 3.05) is 13.7 Å². The summed E-state index contributed by atoms with van der Waals surface area (Å²) in [6, 6.07) is 23.6. The fraction of sp³-hybridized carbons (Fsp3) is 0.324. The summed E-state index contributed by atoms with van der Waals surface area (Å²) >= 11 is 0.